The van der Waals surface area contributed by atoms with E-state index in [-0.39, 0.29) is 5.78 Å². The quantitative estimate of drug-likeness (QED) is 0.775. The van der Waals surface area contributed by atoms with Crippen molar-refractivity contribution in [1.82, 2.24) is 4.98 Å². The van der Waals surface area contributed by atoms with E-state index in [1.165, 1.54) is 0 Å². The number of rotatable bonds is 3. The number of hydrogen-bond acceptors (Lipinski definition) is 3. The van der Waals surface area contributed by atoms with Crippen LogP contribution in [0.2, 0.25) is 0 Å². The first-order valence-corrected chi connectivity index (χ1v) is 5.73. The third kappa shape index (κ3) is 2.25. The monoisotopic (exact) mass is 241 g/mol. The molecule has 0 fully saturated rings. The molecule has 0 aliphatic rings. The lowest BCUT2D eigenvalue weighted by molar-refractivity contribution is 0.103. The van der Waals surface area contributed by atoms with Gasteiger partial charge in [-0.2, -0.15) is 0 Å². The van der Waals surface area contributed by atoms with E-state index in [2.05, 4.69) is 4.98 Å². The SMILES string of the molecule is COc1cncc(C(=O)c2c(C)cccc2C)c1. The van der Waals surface area contributed by atoms with Crippen LogP contribution in [-0.2, 0) is 0 Å². The molecule has 92 valence electrons. The summed E-state index contributed by atoms with van der Waals surface area (Å²) in [6.45, 7) is 3.88. The molecule has 3 nitrogen and oxygen atoms in total. The molecule has 2 aromatic rings. The highest BCUT2D eigenvalue weighted by Gasteiger charge is 2.14. The normalized spacial score (nSPS) is 10.2. The molecule has 0 bridgehead atoms. The van der Waals surface area contributed by atoms with Crippen molar-refractivity contribution in [1.29, 1.82) is 0 Å². The minimum absolute atomic E-state index is 0.0167. The highest BCUT2D eigenvalue weighted by atomic mass is 16.5. The van der Waals surface area contributed by atoms with Crippen LogP contribution in [0.25, 0.3) is 0 Å². The van der Waals surface area contributed by atoms with E-state index in [1.54, 1.807) is 25.6 Å². The fraction of sp³-hybridized carbons (Fsp3) is 0.200. The Labute approximate surface area is 106 Å². The largest absolute Gasteiger partial charge is 0.495 e. The van der Waals surface area contributed by atoms with Gasteiger partial charge in [-0.3, -0.25) is 9.78 Å². The highest BCUT2D eigenvalue weighted by molar-refractivity contribution is 6.10. The summed E-state index contributed by atoms with van der Waals surface area (Å²) < 4.78 is 5.09. The van der Waals surface area contributed by atoms with Crippen LogP contribution in [0.1, 0.15) is 27.0 Å². The Morgan fingerprint density at radius 2 is 1.83 bits per heavy atom. The molecule has 1 aromatic carbocycles. The second-order valence-corrected chi connectivity index (χ2v) is 4.21. The van der Waals surface area contributed by atoms with E-state index in [1.807, 2.05) is 32.0 Å². The zero-order valence-corrected chi connectivity index (χ0v) is 10.7. The molecule has 0 atom stereocenters. The molecule has 0 aliphatic carbocycles. The molecular formula is C15H15NO2. The summed E-state index contributed by atoms with van der Waals surface area (Å²) in [6.07, 6.45) is 3.15. The van der Waals surface area contributed by atoms with Crippen LogP contribution < -0.4 is 4.74 Å². The van der Waals surface area contributed by atoms with Crippen LogP contribution >= 0.6 is 0 Å². The number of nitrogens with zero attached hydrogens (tertiary/aromatic N) is 1. The maximum absolute atomic E-state index is 12.5. The Kier molecular flexibility index (Phi) is 3.42. The molecule has 2 rings (SSSR count). The molecule has 0 radical (unpaired) electrons. The number of carbonyl (C=O) groups is 1. The maximum Gasteiger partial charge on any atom is 0.195 e. The molecule has 0 aliphatic heterocycles. The predicted octanol–water partition coefficient (Wildman–Crippen LogP) is 2.94. The smallest absolute Gasteiger partial charge is 0.195 e. The summed E-state index contributed by atoms with van der Waals surface area (Å²) in [5, 5.41) is 0. The van der Waals surface area contributed by atoms with Crippen molar-refractivity contribution < 1.29 is 9.53 Å². The Hall–Kier alpha value is -2.16. The topological polar surface area (TPSA) is 39.2 Å². The van der Waals surface area contributed by atoms with Crippen molar-refractivity contribution in [3.63, 3.8) is 0 Å². The Morgan fingerprint density at radius 3 is 2.44 bits per heavy atom. The Balaban J connectivity index is 2.48. The van der Waals surface area contributed by atoms with Gasteiger partial charge in [0.05, 0.1) is 13.3 Å². The minimum Gasteiger partial charge on any atom is -0.495 e. The number of hydrogen-bond donors (Lipinski definition) is 0. The lowest BCUT2D eigenvalue weighted by Gasteiger charge is -2.09. The summed E-state index contributed by atoms with van der Waals surface area (Å²) in [6, 6.07) is 7.54. The van der Waals surface area contributed by atoms with E-state index < -0.39 is 0 Å². The van der Waals surface area contributed by atoms with Crippen LogP contribution in [0.5, 0.6) is 5.75 Å². The predicted molar refractivity (Wildman–Crippen MR) is 70.1 cm³/mol. The van der Waals surface area contributed by atoms with Gasteiger partial charge in [-0.1, -0.05) is 18.2 Å². The molecule has 0 spiro atoms. The molecular weight excluding hydrogens is 226 g/mol. The van der Waals surface area contributed by atoms with Gasteiger partial charge in [0.1, 0.15) is 5.75 Å². The highest BCUT2D eigenvalue weighted by Crippen LogP contribution is 2.19. The number of pyridine rings is 1. The number of methoxy groups -OCH3 is 1. The molecule has 1 heterocycles. The lowest BCUT2D eigenvalue weighted by atomic mass is 9.96. The molecule has 0 N–H and O–H groups in total. The van der Waals surface area contributed by atoms with Crippen molar-refractivity contribution in [2.75, 3.05) is 7.11 Å². The fourth-order valence-electron chi connectivity index (χ4n) is 1.97. The summed E-state index contributed by atoms with van der Waals surface area (Å²) in [5.74, 6) is 0.573. The number of carbonyl (C=O) groups excluding carboxylic acids is 1. The van der Waals surface area contributed by atoms with Crippen molar-refractivity contribution in [2.24, 2.45) is 0 Å². The minimum atomic E-state index is -0.0167. The average Bonchev–Trinajstić information content (AvgIpc) is 2.38. The number of aromatic nitrogens is 1. The lowest BCUT2D eigenvalue weighted by Crippen LogP contribution is -2.06. The van der Waals surface area contributed by atoms with Crippen LogP contribution in [0, 0.1) is 13.8 Å². The van der Waals surface area contributed by atoms with Gasteiger partial charge in [0.2, 0.25) is 0 Å². The first-order valence-electron chi connectivity index (χ1n) is 5.73. The van der Waals surface area contributed by atoms with Crippen LogP contribution in [0.3, 0.4) is 0 Å². The van der Waals surface area contributed by atoms with Gasteiger partial charge in [-0.15, -0.1) is 0 Å². The number of benzene rings is 1. The zero-order valence-electron chi connectivity index (χ0n) is 10.7. The van der Waals surface area contributed by atoms with Gasteiger partial charge in [-0.05, 0) is 31.0 Å². The average molecular weight is 241 g/mol. The van der Waals surface area contributed by atoms with Crippen molar-refractivity contribution in [3.05, 3.63) is 58.9 Å². The summed E-state index contributed by atoms with van der Waals surface area (Å²) in [4.78, 5) is 16.5. The maximum atomic E-state index is 12.5. The molecule has 0 saturated heterocycles. The fourth-order valence-corrected chi connectivity index (χ4v) is 1.97. The van der Waals surface area contributed by atoms with Gasteiger partial charge in [0.15, 0.2) is 5.78 Å². The third-order valence-corrected chi connectivity index (χ3v) is 2.92. The summed E-state index contributed by atoms with van der Waals surface area (Å²) >= 11 is 0. The van der Waals surface area contributed by atoms with Crippen LogP contribution in [0.4, 0.5) is 0 Å². The number of ether oxygens (including phenoxy) is 1. The van der Waals surface area contributed by atoms with E-state index in [4.69, 9.17) is 4.74 Å². The van der Waals surface area contributed by atoms with E-state index in [0.29, 0.717) is 11.3 Å². The van der Waals surface area contributed by atoms with E-state index in [0.717, 1.165) is 16.7 Å². The number of ketones is 1. The molecule has 0 saturated carbocycles. The second kappa shape index (κ2) is 5.00. The van der Waals surface area contributed by atoms with Gasteiger partial charge in [-0.25, -0.2) is 0 Å². The van der Waals surface area contributed by atoms with Gasteiger partial charge in [0, 0.05) is 17.3 Å². The molecule has 3 heteroatoms. The van der Waals surface area contributed by atoms with Crippen molar-refractivity contribution >= 4 is 5.78 Å². The molecule has 1 aromatic heterocycles. The van der Waals surface area contributed by atoms with Crippen LogP contribution in [0.15, 0.2) is 36.7 Å². The first kappa shape index (κ1) is 12.3. The Morgan fingerprint density at radius 1 is 1.17 bits per heavy atom. The summed E-state index contributed by atoms with van der Waals surface area (Å²) in [7, 11) is 1.56. The molecule has 0 amide bonds. The second-order valence-electron chi connectivity index (χ2n) is 4.21. The van der Waals surface area contributed by atoms with Crippen molar-refractivity contribution in [3.8, 4) is 5.75 Å². The Bertz CT molecular complexity index is 571. The first-order chi connectivity index (χ1) is 8.63. The summed E-state index contributed by atoms with van der Waals surface area (Å²) in [5.41, 5.74) is 3.24. The van der Waals surface area contributed by atoms with Gasteiger partial charge in [0.25, 0.3) is 0 Å². The zero-order chi connectivity index (χ0) is 13.1. The number of aryl methyl sites for hydroxylation is 2. The van der Waals surface area contributed by atoms with Crippen LogP contribution in [-0.4, -0.2) is 17.9 Å². The van der Waals surface area contributed by atoms with Gasteiger partial charge < -0.3 is 4.74 Å². The molecule has 18 heavy (non-hydrogen) atoms. The third-order valence-electron chi connectivity index (χ3n) is 2.92. The van der Waals surface area contributed by atoms with Gasteiger partial charge >= 0.3 is 0 Å². The van der Waals surface area contributed by atoms with E-state index in [9.17, 15) is 4.79 Å². The standard InChI is InChI=1S/C15H15NO2/c1-10-5-4-6-11(2)14(10)15(17)12-7-13(18-3)9-16-8-12/h4-9H,1-3H3. The molecule has 0 unspecified atom stereocenters. The van der Waals surface area contributed by atoms with Crippen molar-refractivity contribution in [2.45, 2.75) is 13.8 Å². The van der Waals surface area contributed by atoms with E-state index >= 15 is 0 Å².